The summed E-state index contributed by atoms with van der Waals surface area (Å²) in [6.45, 7) is 7.43. The lowest BCUT2D eigenvalue weighted by Crippen LogP contribution is -2.45. The van der Waals surface area contributed by atoms with E-state index in [1.54, 1.807) is 4.90 Å². The lowest BCUT2D eigenvalue weighted by molar-refractivity contribution is -0.138. The predicted molar refractivity (Wildman–Crippen MR) is 93.5 cm³/mol. The smallest absolute Gasteiger partial charge is 0.236 e. The number of anilines is 1. The first kappa shape index (κ1) is 17.5. The van der Waals surface area contributed by atoms with Gasteiger partial charge in [-0.15, -0.1) is 0 Å². The molecule has 23 heavy (non-hydrogen) atoms. The van der Waals surface area contributed by atoms with Crippen molar-refractivity contribution in [3.8, 4) is 0 Å². The van der Waals surface area contributed by atoms with Crippen LogP contribution < -0.4 is 4.90 Å². The molecule has 0 saturated carbocycles. The maximum atomic E-state index is 12.6. The molecule has 0 spiro atoms. The molecule has 0 aromatic heterocycles. The van der Waals surface area contributed by atoms with Crippen molar-refractivity contribution in [2.75, 3.05) is 18.0 Å². The molecule has 4 heteroatoms. The Hall–Kier alpha value is -1.84. The molecule has 0 radical (unpaired) electrons. The topological polar surface area (TPSA) is 40.6 Å². The largest absolute Gasteiger partial charge is 0.339 e. The average molecular weight is 316 g/mol. The molecule has 4 nitrogen and oxygen atoms in total. The zero-order valence-electron chi connectivity index (χ0n) is 14.5. The molecule has 2 rings (SSSR count). The third-order valence-electron chi connectivity index (χ3n) is 4.65. The zero-order chi connectivity index (χ0) is 16.8. The molecule has 126 valence electrons. The Kier molecular flexibility index (Phi) is 6.20. The molecule has 1 aliphatic rings. The van der Waals surface area contributed by atoms with E-state index in [1.807, 2.05) is 43.0 Å². The Bertz CT molecular complexity index is 556. The minimum Gasteiger partial charge on any atom is -0.339 e. The highest BCUT2D eigenvalue weighted by Crippen LogP contribution is 2.21. The molecule has 2 amide bonds. The SMILES string of the molecule is CCC1CCCCN1C(=O)CC(=O)N(CC)c1cccc(C)c1. The number of rotatable bonds is 5. The first-order chi connectivity index (χ1) is 11.1. The zero-order valence-corrected chi connectivity index (χ0v) is 14.5. The maximum absolute atomic E-state index is 12.6. The minimum absolute atomic E-state index is 0.0207. The summed E-state index contributed by atoms with van der Waals surface area (Å²) in [5, 5.41) is 0. The molecule has 1 unspecified atom stereocenters. The fourth-order valence-corrected chi connectivity index (χ4v) is 3.38. The summed E-state index contributed by atoms with van der Waals surface area (Å²) in [4.78, 5) is 28.8. The highest BCUT2D eigenvalue weighted by atomic mass is 16.2. The Balaban J connectivity index is 2.05. The van der Waals surface area contributed by atoms with E-state index >= 15 is 0 Å². The average Bonchev–Trinajstić information content (AvgIpc) is 2.55. The molecular weight excluding hydrogens is 288 g/mol. The van der Waals surface area contributed by atoms with Crippen molar-refractivity contribution in [2.24, 2.45) is 0 Å². The van der Waals surface area contributed by atoms with E-state index in [0.717, 1.165) is 37.1 Å². The second kappa shape index (κ2) is 8.14. The Morgan fingerprint density at radius 1 is 1.26 bits per heavy atom. The van der Waals surface area contributed by atoms with Crippen molar-refractivity contribution >= 4 is 17.5 Å². The van der Waals surface area contributed by atoms with E-state index < -0.39 is 0 Å². The van der Waals surface area contributed by atoms with Crippen molar-refractivity contribution in [1.29, 1.82) is 0 Å². The van der Waals surface area contributed by atoms with E-state index in [2.05, 4.69) is 6.92 Å². The number of carbonyl (C=O) groups is 2. The first-order valence-electron chi connectivity index (χ1n) is 8.73. The van der Waals surface area contributed by atoms with Crippen molar-refractivity contribution in [3.63, 3.8) is 0 Å². The molecular formula is C19H28N2O2. The quantitative estimate of drug-likeness (QED) is 0.780. The van der Waals surface area contributed by atoms with Gasteiger partial charge in [-0.25, -0.2) is 0 Å². The number of amides is 2. The normalized spacial score (nSPS) is 17.9. The van der Waals surface area contributed by atoms with Crippen molar-refractivity contribution in [1.82, 2.24) is 4.90 Å². The number of benzene rings is 1. The predicted octanol–water partition coefficient (Wildman–Crippen LogP) is 3.53. The van der Waals surface area contributed by atoms with Crippen LogP contribution in [-0.2, 0) is 9.59 Å². The fourth-order valence-electron chi connectivity index (χ4n) is 3.38. The summed E-state index contributed by atoms with van der Waals surface area (Å²) in [5.74, 6) is -0.129. The van der Waals surface area contributed by atoms with E-state index in [4.69, 9.17) is 0 Å². The van der Waals surface area contributed by atoms with E-state index in [1.165, 1.54) is 6.42 Å². The van der Waals surface area contributed by atoms with Crippen LogP contribution >= 0.6 is 0 Å². The van der Waals surface area contributed by atoms with E-state index in [0.29, 0.717) is 12.6 Å². The van der Waals surface area contributed by atoms with Gasteiger partial charge in [0, 0.05) is 24.8 Å². The summed E-state index contributed by atoms with van der Waals surface area (Å²) in [6, 6.07) is 8.17. The van der Waals surface area contributed by atoms with Gasteiger partial charge in [-0.2, -0.15) is 0 Å². The van der Waals surface area contributed by atoms with Gasteiger partial charge in [-0.05, 0) is 57.2 Å². The Morgan fingerprint density at radius 3 is 2.70 bits per heavy atom. The van der Waals surface area contributed by atoms with Crippen LogP contribution in [0, 0.1) is 6.92 Å². The molecule has 0 aliphatic carbocycles. The number of carbonyl (C=O) groups excluding carboxylic acids is 2. The van der Waals surface area contributed by atoms with Crippen LogP contribution in [-0.4, -0.2) is 35.8 Å². The van der Waals surface area contributed by atoms with Crippen LogP contribution in [0.1, 0.15) is 51.5 Å². The van der Waals surface area contributed by atoms with Crippen LogP contribution in [0.25, 0.3) is 0 Å². The molecule has 1 aliphatic heterocycles. The van der Waals surface area contributed by atoms with Crippen molar-refractivity contribution in [2.45, 2.75) is 58.9 Å². The van der Waals surface area contributed by atoms with Gasteiger partial charge in [-0.3, -0.25) is 9.59 Å². The van der Waals surface area contributed by atoms with E-state index in [-0.39, 0.29) is 18.2 Å². The molecule has 1 aromatic rings. The van der Waals surface area contributed by atoms with Crippen molar-refractivity contribution < 1.29 is 9.59 Å². The van der Waals surface area contributed by atoms with Gasteiger partial charge in [0.2, 0.25) is 11.8 Å². The highest BCUT2D eigenvalue weighted by molar-refractivity contribution is 6.05. The molecule has 1 aromatic carbocycles. The molecule has 1 atom stereocenters. The summed E-state index contributed by atoms with van der Waals surface area (Å²) in [6.07, 6.45) is 4.23. The van der Waals surface area contributed by atoms with Crippen LogP contribution in [0.4, 0.5) is 5.69 Å². The van der Waals surface area contributed by atoms with Gasteiger partial charge in [0.1, 0.15) is 6.42 Å². The number of likely N-dealkylation sites (tertiary alicyclic amines) is 1. The van der Waals surface area contributed by atoms with Gasteiger partial charge in [0.15, 0.2) is 0 Å². The lowest BCUT2D eigenvalue weighted by Gasteiger charge is -2.35. The summed E-state index contributed by atoms with van der Waals surface area (Å²) >= 11 is 0. The summed E-state index contributed by atoms with van der Waals surface area (Å²) in [7, 11) is 0. The maximum Gasteiger partial charge on any atom is 0.236 e. The monoisotopic (exact) mass is 316 g/mol. The Labute approximate surface area is 139 Å². The molecule has 1 saturated heterocycles. The van der Waals surface area contributed by atoms with Crippen LogP contribution in [0.2, 0.25) is 0 Å². The number of hydrogen-bond acceptors (Lipinski definition) is 2. The third kappa shape index (κ3) is 4.34. The van der Waals surface area contributed by atoms with E-state index in [9.17, 15) is 9.59 Å². The number of hydrogen-bond donors (Lipinski definition) is 0. The van der Waals surface area contributed by atoms with Gasteiger partial charge >= 0.3 is 0 Å². The molecule has 1 fully saturated rings. The summed E-state index contributed by atoms with van der Waals surface area (Å²) in [5.41, 5.74) is 1.98. The lowest BCUT2D eigenvalue weighted by atomic mass is 9.99. The highest BCUT2D eigenvalue weighted by Gasteiger charge is 2.28. The van der Waals surface area contributed by atoms with Crippen LogP contribution in [0.5, 0.6) is 0 Å². The molecule has 1 heterocycles. The molecule has 0 bridgehead atoms. The van der Waals surface area contributed by atoms with Gasteiger partial charge in [0.05, 0.1) is 0 Å². The van der Waals surface area contributed by atoms with Crippen LogP contribution in [0.15, 0.2) is 24.3 Å². The minimum atomic E-state index is -0.108. The second-order valence-corrected chi connectivity index (χ2v) is 6.30. The van der Waals surface area contributed by atoms with Gasteiger partial charge in [-0.1, -0.05) is 19.1 Å². The standard InChI is InChI=1S/C19H28N2O2/c1-4-16-10-6-7-12-21(16)19(23)14-18(22)20(5-2)17-11-8-9-15(3)13-17/h8-9,11,13,16H,4-7,10,12,14H2,1-3H3. The molecule has 0 N–H and O–H groups in total. The van der Waals surface area contributed by atoms with Crippen LogP contribution in [0.3, 0.4) is 0 Å². The number of nitrogens with zero attached hydrogens (tertiary/aromatic N) is 2. The number of aryl methyl sites for hydroxylation is 1. The number of piperidine rings is 1. The van der Waals surface area contributed by atoms with Crippen molar-refractivity contribution in [3.05, 3.63) is 29.8 Å². The third-order valence-corrected chi connectivity index (χ3v) is 4.65. The Morgan fingerprint density at radius 2 is 2.04 bits per heavy atom. The first-order valence-corrected chi connectivity index (χ1v) is 8.73. The summed E-state index contributed by atoms with van der Waals surface area (Å²) < 4.78 is 0. The second-order valence-electron chi connectivity index (χ2n) is 6.30. The fraction of sp³-hybridized carbons (Fsp3) is 0.579. The van der Waals surface area contributed by atoms with Gasteiger partial charge < -0.3 is 9.80 Å². The van der Waals surface area contributed by atoms with Gasteiger partial charge in [0.25, 0.3) is 0 Å².